The minimum atomic E-state index is 0. The Morgan fingerprint density at radius 3 is 2.59 bits per heavy atom. The van der Waals surface area contributed by atoms with Gasteiger partial charge in [-0.2, -0.15) is 0 Å². The summed E-state index contributed by atoms with van der Waals surface area (Å²) in [6.45, 7) is 9.43. The van der Waals surface area contributed by atoms with Crippen molar-refractivity contribution in [1.82, 2.24) is 20.5 Å². The van der Waals surface area contributed by atoms with Crippen molar-refractivity contribution in [1.29, 1.82) is 0 Å². The molecule has 0 aliphatic carbocycles. The molecule has 0 bridgehead atoms. The van der Waals surface area contributed by atoms with Gasteiger partial charge in [0, 0.05) is 37.3 Å². The number of methoxy groups -OCH3 is 2. The lowest BCUT2D eigenvalue weighted by Crippen LogP contribution is -2.46. The van der Waals surface area contributed by atoms with Crippen molar-refractivity contribution in [3.05, 3.63) is 39.8 Å². The lowest BCUT2D eigenvalue weighted by molar-refractivity contribution is 0.0169. The molecule has 1 atom stereocenters. The SMILES string of the molecule is CCNC(=NCc1ncc(C)s1)NCC(c1ccc(OC)c(OC)c1)N1CCOCC1.I. The molecule has 0 spiro atoms. The quantitative estimate of drug-likeness (QED) is 0.270. The molecule has 1 unspecified atom stereocenters. The standard InChI is InChI=1S/C22H33N5O3S.HI/c1-5-23-22(26-15-21-24-13-16(2)31-21)25-14-18(27-8-10-30-11-9-27)17-6-7-19(28-3)20(12-17)29-4;/h6-7,12-13,18H,5,8-11,14-15H2,1-4H3,(H2,23,25,26);1H. The highest BCUT2D eigenvalue weighted by Gasteiger charge is 2.24. The minimum absolute atomic E-state index is 0. The first kappa shape index (κ1) is 26.6. The van der Waals surface area contributed by atoms with Crippen LogP contribution in [0.1, 0.15) is 28.4 Å². The van der Waals surface area contributed by atoms with E-state index in [1.165, 1.54) is 10.4 Å². The smallest absolute Gasteiger partial charge is 0.191 e. The molecule has 1 aromatic carbocycles. The molecule has 1 saturated heterocycles. The maximum Gasteiger partial charge on any atom is 0.191 e. The van der Waals surface area contributed by atoms with Crippen molar-refractivity contribution >= 4 is 41.3 Å². The third kappa shape index (κ3) is 7.46. The van der Waals surface area contributed by atoms with Crippen LogP contribution in [0, 0.1) is 6.92 Å². The zero-order chi connectivity index (χ0) is 22.1. The van der Waals surface area contributed by atoms with E-state index in [9.17, 15) is 0 Å². The van der Waals surface area contributed by atoms with Crippen LogP contribution in [0.2, 0.25) is 0 Å². The van der Waals surface area contributed by atoms with Gasteiger partial charge in [-0.05, 0) is 31.5 Å². The number of aliphatic imine (C=N–C) groups is 1. The maximum absolute atomic E-state index is 5.57. The number of nitrogens with one attached hydrogen (secondary N) is 2. The third-order valence-electron chi connectivity index (χ3n) is 5.13. The second-order valence-corrected chi connectivity index (χ2v) is 8.54. The number of guanidine groups is 1. The molecule has 0 radical (unpaired) electrons. The number of morpholine rings is 1. The van der Waals surface area contributed by atoms with E-state index in [4.69, 9.17) is 19.2 Å². The van der Waals surface area contributed by atoms with Crippen LogP contribution in [0.5, 0.6) is 11.5 Å². The number of hydrogen-bond donors (Lipinski definition) is 2. The first-order valence-corrected chi connectivity index (χ1v) is 11.4. The second-order valence-electron chi connectivity index (χ2n) is 7.22. The Hall–Kier alpha value is -1.63. The zero-order valence-electron chi connectivity index (χ0n) is 19.2. The summed E-state index contributed by atoms with van der Waals surface area (Å²) >= 11 is 1.68. The molecule has 178 valence electrons. The van der Waals surface area contributed by atoms with Gasteiger partial charge >= 0.3 is 0 Å². The van der Waals surface area contributed by atoms with Gasteiger partial charge in [-0.1, -0.05) is 6.07 Å². The predicted octanol–water partition coefficient (Wildman–Crippen LogP) is 3.22. The van der Waals surface area contributed by atoms with Crippen LogP contribution < -0.4 is 20.1 Å². The molecule has 0 saturated carbocycles. The largest absolute Gasteiger partial charge is 0.493 e. The van der Waals surface area contributed by atoms with Crippen molar-refractivity contribution in [3.8, 4) is 11.5 Å². The molecule has 8 nitrogen and oxygen atoms in total. The number of benzene rings is 1. The molecule has 1 fully saturated rings. The molecule has 32 heavy (non-hydrogen) atoms. The number of ether oxygens (including phenoxy) is 3. The number of nitrogens with zero attached hydrogens (tertiary/aromatic N) is 3. The number of aromatic nitrogens is 1. The Bertz CT molecular complexity index is 858. The molecule has 2 aromatic rings. The van der Waals surface area contributed by atoms with Gasteiger partial charge in [0.2, 0.25) is 0 Å². The van der Waals surface area contributed by atoms with Crippen LogP contribution >= 0.6 is 35.3 Å². The van der Waals surface area contributed by atoms with Gasteiger partial charge in [0.25, 0.3) is 0 Å². The highest BCUT2D eigenvalue weighted by atomic mass is 127. The van der Waals surface area contributed by atoms with E-state index in [0.717, 1.165) is 55.3 Å². The van der Waals surface area contributed by atoms with Crippen LogP contribution in [0.4, 0.5) is 0 Å². The van der Waals surface area contributed by atoms with E-state index < -0.39 is 0 Å². The molecular formula is C22H34IN5O3S. The van der Waals surface area contributed by atoms with E-state index in [1.807, 2.05) is 12.3 Å². The summed E-state index contributed by atoms with van der Waals surface area (Å²) in [5, 5.41) is 7.87. The molecule has 3 rings (SSSR count). The Balaban J connectivity index is 0.00000363. The zero-order valence-corrected chi connectivity index (χ0v) is 22.4. The van der Waals surface area contributed by atoms with Gasteiger partial charge in [0.1, 0.15) is 5.01 Å². The van der Waals surface area contributed by atoms with E-state index in [1.54, 1.807) is 25.6 Å². The Morgan fingerprint density at radius 2 is 1.97 bits per heavy atom. The normalized spacial score (nSPS) is 15.6. The minimum Gasteiger partial charge on any atom is -0.493 e. The summed E-state index contributed by atoms with van der Waals surface area (Å²) in [6, 6.07) is 6.27. The molecule has 1 aromatic heterocycles. The van der Waals surface area contributed by atoms with Crippen LogP contribution in [0.15, 0.2) is 29.4 Å². The van der Waals surface area contributed by atoms with Crippen molar-refractivity contribution in [2.24, 2.45) is 4.99 Å². The number of halogens is 1. The Labute approximate surface area is 211 Å². The van der Waals surface area contributed by atoms with Gasteiger partial charge < -0.3 is 24.8 Å². The molecular weight excluding hydrogens is 541 g/mol. The fourth-order valence-corrected chi connectivity index (χ4v) is 4.27. The van der Waals surface area contributed by atoms with Crippen LogP contribution in [-0.2, 0) is 11.3 Å². The summed E-state index contributed by atoms with van der Waals surface area (Å²) in [5.74, 6) is 2.25. The number of thiazole rings is 1. The first-order valence-electron chi connectivity index (χ1n) is 10.6. The average Bonchev–Trinajstić information content (AvgIpc) is 3.23. The van der Waals surface area contributed by atoms with Gasteiger partial charge in [-0.15, -0.1) is 35.3 Å². The lowest BCUT2D eigenvalue weighted by Gasteiger charge is -2.35. The monoisotopic (exact) mass is 575 g/mol. The van der Waals surface area contributed by atoms with E-state index >= 15 is 0 Å². The Kier molecular flexibility index (Phi) is 11.5. The van der Waals surface area contributed by atoms with Crippen molar-refractivity contribution in [2.75, 3.05) is 53.6 Å². The highest BCUT2D eigenvalue weighted by Crippen LogP contribution is 2.32. The van der Waals surface area contributed by atoms with Gasteiger partial charge in [0.05, 0.1) is 40.0 Å². The second kappa shape index (κ2) is 13.8. The van der Waals surface area contributed by atoms with E-state index in [-0.39, 0.29) is 30.0 Å². The van der Waals surface area contributed by atoms with Crippen molar-refractivity contribution in [3.63, 3.8) is 0 Å². The van der Waals surface area contributed by atoms with Gasteiger partial charge in [0.15, 0.2) is 17.5 Å². The Morgan fingerprint density at radius 1 is 1.22 bits per heavy atom. The van der Waals surface area contributed by atoms with Crippen LogP contribution in [0.3, 0.4) is 0 Å². The summed E-state index contributed by atoms with van der Waals surface area (Å²) in [5.41, 5.74) is 1.17. The lowest BCUT2D eigenvalue weighted by atomic mass is 10.0. The number of rotatable bonds is 9. The summed E-state index contributed by atoms with van der Waals surface area (Å²) in [6.07, 6.45) is 1.89. The molecule has 10 heteroatoms. The summed E-state index contributed by atoms with van der Waals surface area (Å²) in [4.78, 5) is 12.8. The van der Waals surface area contributed by atoms with Crippen molar-refractivity contribution in [2.45, 2.75) is 26.4 Å². The third-order valence-corrected chi connectivity index (χ3v) is 6.02. The van der Waals surface area contributed by atoms with Crippen LogP contribution in [0.25, 0.3) is 0 Å². The topological polar surface area (TPSA) is 80.2 Å². The molecule has 2 heterocycles. The van der Waals surface area contributed by atoms with E-state index in [0.29, 0.717) is 13.1 Å². The summed E-state index contributed by atoms with van der Waals surface area (Å²) in [7, 11) is 3.32. The molecule has 2 N–H and O–H groups in total. The van der Waals surface area contributed by atoms with Gasteiger partial charge in [-0.3, -0.25) is 4.90 Å². The fourth-order valence-electron chi connectivity index (χ4n) is 3.56. The number of hydrogen-bond acceptors (Lipinski definition) is 7. The average molecular weight is 576 g/mol. The fraction of sp³-hybridized carbons (Fsp3) is 0.545. The molecule has 1 aliphatic rings. The first-order chi connectivity index (χ1) is 15.1. The maximum atomic E-state index is 5.57. The van der Waals surface area contributed by atoms with Crippen LogP contribution in [-0.4, -0.2) is 69.5 Å². The molecule has 1 aliphatic heterocycles. The van der Waals surface area contributed by atoms with Gasteiger partial charge in [-0.25, -0.2) is 9.98 Å². The number of aryl methyl sites for hydroxylation is 1. The summed E-state index contributed by atoms with van der Waals surface area (Å²) < 4.78 is 16.5. The van der Waals surface area contributed by atoms with E-state index in [2.05, 4.69) is 46.5 Å². The predicted molar refractivity (Wildman–Crippen MR) is 140 cm³/mol. The highest BCUT2D eigenvalue weighted by molar-refractivity contribution is 14.0. The molecule has 0 amide bonds. The van der Waals surface area contributed by atoms with Crippen molar-refractivity contribution < 1.29 is 14.2 Å².